The van der Waals surface area contributed by atoms with Gasteiger partial charge in [0, 0.05) is 19.0 Å². The fourth-order valence-corrected chi connectivity index (χ4v) is 5.80. The van der Waals surface area contributed by atoms with Crippen LogP contribution in [0.2, 0.25) is 0 Å². The van der Waals surface area contributed by atoms with Crippen molar-refractivity contribution in [2.45, 2.75) is 57.6 Å². The van der Waals surface area contributed by atoms with Gasteiger partial charge in [0.1, 0.15) is 11.0 Å². The number of aryl methyl sites for hydroxylation is 2. The van der Waals surface area contributed by atoms with E-state index >= 15 is 0 Å². The molecule has 1 saturated heterocycles. The number of anilines is 1. The molecule has 0 radical (unpaired) electrons. The lowest BCUT2D eigenvalue weighted by Gasteiger charge is -2.19. The summed E-state index contributed by atoms with van der Waals surface area (Å²) in [7, 11) is 1.38. The fourth-order valence-electron chi connectivity index (χ4n) is 4.62. The van der Waals surface area contributed by atoms with Gasteiger partial charge in [-0.1, -0.05) is 41.1 Å². The zero-order valence-electron chi connectivity index (χ0n) is 21.9. The molecule has 1 heterocycles. The molecule has 1 atom stereocenters. The average Bonchev–Trinajstić information content (AvgIpc) is 3.18. The highest BCUT2D eigenvalue weighted by Gasteiger charge is 2.39. The summed E-state index contributed by atoms with van der Waals surface area (Å²) in [5.74, 6) is -0.344. The van der Waals surface area contributed by atoms with Crippen LogP contribution in [-0.2, 0) is 9.59 Å². The third-order valence-corrected chi connectivity index (χ3v) is 7.85. The molecule has 2 aliphatic rings. The number of allylic oxidation sites excluding steroid dienone is 1. The molecule has 2 amide bonds. The number of amides is 2. The molecule has 1 N–H and O–H groups in total. The Morgan fingerprint density at radius 2 is 2.05 bits per heavy atom. The van der Waals surface area contributed by atoms with E-state index in [1.165, 1.54) is 55.5 Å². The molecule has 0 saturated carbocycles. The number of ether oxygens (including phenoxy) is 1. The first kappa shape index (κ1) is 27.4. The summed E-state index contributed by atoms with van der Waals surface area (Å²) in [6.07, 6.45) is 7.52. The fraction of sp³-hybridized carbons (Fsp3) is 0.393. The van der Waals surface area contributed by atoms with Gasteiger partial charge in [0.25, 0.3) is 5.69 Å². The number of benzene rings is 2. The SMILES string of the molecule is COc1cc([N+](=O)[O-])ccc1NC(=O)CC1SC(=Nc2ccc(C)cc2C)N(CCC2=CCCCC2)C1=O. The number of methoxy groups -OCH3 is 1. The Balaban J connectivity index is 1.52. The quantitative estimate of drug-likeness (QED) is 0.236. The van der Waals surface area contributed by atoms with Gasteiger partial charge >= 0.3 is 0 Å². The molecule has 0 aromatic heterocycles. The zero-order chi connectivity index (χ0) is 27.2. The van der Waals surface area contributed by atoms with Crippen molar-refractivity contribution in [3.05, 3.63) is 69.3 Å². The smallest absolute Gasteiger partial charge is 0.273 e. The summed E-state index contributed by atoms with van der Waals surface area (Å²) in [5, 5.41) is 13.8. The lowest BCUT2D eigenvalue weighted by atomic mass is 9.97. The number of hydrogen-bond donors (Lipinski definition) is 1. The second-order valence-corrected chi connectivity index (χ2v) is 10.7. The van der Waals surface area contributed by atoms with Crippen molar-refractivity contribution >= 4 is 45.8 Å². The largest absolute Gasteiger partial charge is 0.494 e. The number of thioether (sulfide) groups is 1. The molecule has 200 valence electrons. The Kier molecular flexibility index (Phi) is 8.83. The lowest BCUT2D eigenvalue weighted by molar-refractivity contribution is -0.384. The molecule has 0 spiro atoms. The van der Waals surface area contributed by atoms with Gasteiger partial charge in [-0.15, -0.1) is 0 Å². The van der Waals surface area contributed by atoms with Crippen molar-refractivity contribution in [1.82, 2.24) is 4.90 Å². The zero-order valence-corrected chi connectivity index (χ0v) is 22.7. The number of nitrogens with zero attached hydrogens (tertiary/aromatic N) is 3. The predicted molar refractivity (Wildman–Crippen MR) is 150 cm³/mol. The summed E-state index contributed by atoms with van der Waals surface area (Å²) in [6.45, 7) is 4.54. The van der Waals surface area contributed by atoms with Crippen LogP contribution in [0.5, 0.6) is 5.75 Å². The molecular formula is C28H32N4O5S. The molecule has 2 aromatic carbocycles. The Morgan fingerprint density at radius 3 is 2.74 bits per heavy atom. The third kappa shape index (κ3) is 6.61. The second kappa shape index (κ2) is 12.3. The van der Waals surface area contributed by atoms with Crippen LogP contribution in [0.3, 0.4) is 0 Å². The van der Waals surface area contributed by atoms with Gasteiger partial charge in [0.15, 0.2) is 5.17 Å². The van der Waals surface area contributed by atoms with Gasteiger partial charge in [0.05, 0.1) is 29.5 Å². The minimum atomic E-state index is -0.621. The average molecular weight is 537 g/mol. The molecule has 1 aliphatic carbocycles. The van der Waals surface area contributed by atoms with Crippen LogP contribution in [0, 0.1) is 24.0 Å². The van der Waals surface area contributed by atoms with Crippen LogP contribution in [-0.4, -0.2) is 45.7 Å². The van der Waals surface area contributed by atoms with Gasteiger partial charge in [0.2, 0.25) is 11.8 Å². The van der Waals surface area contributed by atoms with Crippen LogP contribution < -0.4 is 10.1 Å². The summed E-state index contributed by atoms with van der Waals surface area (Å²) >= 11 is 1.30. The normalized spacial score (nSPS) is 18.4. The highest BCUT2D eigenvalue weighted by molar-refractivity contribution is 8.15. The number of carbonyl (C=O) groups is 2. The van der Waals surface area contributed by atoms with Crippen LogP contribution >= 0.6 is 11.8 Å². The minimum Gasteiger partial charge on any atom is -0.494 e. The molecule has 4 rings (SSSR count). The van der Waals surface area contributed by atoms with Crippen LogP contribution in [0.15, 0.2) is 53.0 Å². The summed E-state index contributed by atoms with van der Waals surface area (Å²) in [5.41, 5.74) is 4.49. The van der Waals surface area contributed by atoms with E-state index in [4.69, 9.17) is 9.73 Å². The summed E-state index contributed by atoms with van der Waals surface area (Å²) < 4.78 is 5.21. The highest BCUT2D eigenvalue weighted by Crippen LogP contribution is 2.35. The van der Waals surface area contributed by atoms with E-state index in [0.29, 0.717) is 17.4 Å². The highest BCUT2D eigenvalue weighted by atomic mass is 32.2. The van der Waals surface area contributed by atoms with Gasteiger partial charge in [-0.05, 0) is 63.6 Å². The van der Waals surface area contributed by atoms with Crippen LogP contribution in [0.25, 0.3) is 0 Å². The predicted octanol–water partition coefficient (Wildman–Crippen LogP) is 6.07. The van der Waals surface area contributed by atoms with Crippen LogP contribution in [0.4, 0.5) is 17.1 Å². The van der Waals surface area contributed by atoms with Gasteiger partial charge in [-0.3, -0.25) is 24.6 Å². The topological polar surface area (TPSA) is 114 Å². The molecule has 10 heteroatoms. The number of nitro groups is 1. The second-order valence-electron chi connectivity index (χ2n) is 9.53. The number of nitrogens with one attached hydrogen (secondary N) is 1. The number of nitro benzene ring substituents is 1. The van der Waals surface area contributed by atoms with Gasteiger partial charge in [-0.2, -0.15) is 0 Å². The first-order valence-corrected chi connectivity index (χ1v) is 13.6. The van der Waals surface area contributed by atoms with E-state index in [0.717, 1.165) is 36.1 Å². The molecule has 1 aliphatic heterocycles. The van der Waals surface area contributed by atoms with Crippen molar-refractivity contribution in [3.63, 3.8) is 0 Å². The van der Waals surface area contributed by atoms with Crippen LogP contribution in [0.1, 0.15) is 49.7 Å². The lowest BCUT2D eigenvalue weighted by Crippen LogP contribution is -2.34. The molecule has 1 unspecified atom stereocenters. The number of hydrogen-bond acceptors (Lipinski definition) is 7. The number of rotatable bonds is 9. The Morgan fingerprint density at radius 1 is 1.24 bits per heavy atom. The number of carbonyl (C=O) groups excluding carboxylic acids is 2. The maximum Gasteiger partial charge on any atom is 0.273 e. The number of aliphatic imine (C=N–C) groups is 1. The molecule has 2 aromatic rings. The van der Waals surface area contributed by atoms with Crippen molar-refractivity contribution in [1.29, 1.82) is 0 Å². The van der Waals surface area contributed by atoms with Crippen molar-refractivity contribution in [3.8, 4) is 5.75 Å². The molecule has 9 nitrogen and oxygen atoms in total. The monoisotopic (exact) mass is 536 g/mol. The summed E-state index contributed by atoms with van der Waals surface area (Å²) in [6, 6.07) is 9.97. The van der Waals surface area contributed by atoms with E-state index in [1.54, 1.807) is 4.90 Å². The van der Waals surface area contributed by atoms with E-state index in [-0.39, 0.29) is 29.7 Å². The van der Waals surface area contributed by atoms with E-state index in [2.05, 4.69) is 17.5 Å². The van der Waals surface area contributed by atoms with Gasteiger partial charge in [-0.25, -0.2) is 4.99 Å². The van der Waals surface area contributed by atoms with E-state index < -0.39 is 10.2 Å². The first-order valence-electron chi connectivity index (χ1n) is 12.7. The Labute approximate surface area is 226 Å². The molecule has 38 heavy (non-hydrogen) atoms. The molecule has 0 bridgehead atoms. The maximum absolute atomic E-state index is 13.5. The molecule has 1 fully saturated rings. The maximum atomic E-state index is 13.5. The standard InChI is InChI=1S/C28H32N4O5S/c1-18-9-11-22(19(2)15-18)30-28-31(14-13-20-7-5-4-6-8-20)27(34)25(38-28)17-26(33)29-23-12-10-21(32(35)36)16-24(23)37-3/h7,9-12,15-16,25H,4-6,8,13-14,17H2,1-3H3,(H,29,33). The number of non-ortho nitro benzene ring substituents is 1. The minimum absolute atomic E-state index is 0.0608. The third-order valence-electron chi connectivity index (χ3n) is 6.67. The van der Waals surface area contributed by atoms with Gasteiger partial charge < -0.3 is 10.1 Å². The van der Waals surface area contributed by atoms with E-state index in [9.17, 15) is 19.7 Å². The molecular weight excluding hydrogens is 504 g/mol. The van der Waals surface area contributed by atoms with Crippen molar-refractivity contribution in [2.24, 2.45) is 4.99 Å². The Bertz CT molecular complexity index is 1310. The van der Waals surface area contributed by atoms with Crippen molar-refractivity contribution < 1.29 is 19.2 Å². The number of amidine groups is 1. The summed E-state index contributed by atoms with van der Waals surface area (Å²) in [4.78, 5) is 43.5. The Hall–Kier alpha value is -3.66. The van der Waals surface area contributed by atoms with E-state index in [1.807, 2.05) is 26.0 Å². The first-order chi connectivity index (χ1) is 18.2. The van der Waals surface area contributed by atoms with Crippen molar-refractivity contribution in [2.75, 3.05) is 19.0 Å².